The Morgan fingerprint density at radius 3 is 2.30 bits per heavy atom. The Balaban J connectivity index is 2.26. The normalized spacial score (nSPS) is 12.1. The van der Waals surface area contributed by atoms with Gasteiger partial charge in [-0.1, -0.05) is 49.4 Å². The molecule has 33 heavy (non-hydrogen) atoms. The van der Waals surface area contributed by atoms with Gasteiger partial charge in [0.1, 0.15) is 11.6 Å². The lowest BCUT2D eigenvalue weighted by Crippen LogP contribution is -2.50. The second-order valence-corrected chi connectivity index (χ2v) is 10.2. The van der Waals surface area contributed by atoms with Gasteiger partial charge in [0, 0.05) is 31.0 Å². The zero-order valence-electron chi connectivity index (χ0n) is 20.3. The lowest BCUT2D eigenvalue weighted by molar-refractivity contribution is -0.120. The lowest BCUT2D eigenvalue weighted by Gasteiger charge is -2.27. The van der Waals surface area contributed by atoms with E-state index in [1.54, 1.807) is 32.7 Å². The SMILES string of the molecule is CCCc1ccc(N(C)C(=O)[C@H](Cc2cccc(SC(C)=O)c2)NC(=O)OC(C)(C)C)cc1. The second-order valence-electron chi connectivity index (χ2n) is 8.96. The highest BCUT2D eigenvalue weighted by Crippen LogP contribution is 2.22. The van der Waals surface area contributed by atoms with Gasteiger partial charge < -0.3 is 15.0 Å². The maximum atomic E-state index is 13.4. The number of carbonyl (C=O) groups is 3. The number of likely N-dealkylation sites (N-methyl/N-ethyl adjacent to an activating group) is 1. The van der Waals surface area contributed by atoms with Crippen LogP contribution < -0.4 is 10.2 Å². The van der Waals surface area contributed by atoms with E-state index in [2.05, 4.69) is 12.2 Å². The third-order valence-corrected chi connectivity index (χ3v) is 5.56. The Morgan fingerprint density at radius 1 is 1.06 bits per heavy atom. The molecule has 0 spiro atoms. The molecule has 0 aliphatic carbocycles. The number of ether oxygens (including phenoxy) is 1. The van der Waals surface area contributed by atoms with Crippen LogP contribution in [0, 0.1) is 0 Å². The van der Waals surface area contributed by atoms with Gasteiger partial charge in [-0.3, -0.25) is 9.59 Å². The van der Waals surface area contributed by atoms with Crippen LogP contribution in [-0.4, -0.2) is 35.8 Å². The maximum absolute atomic E-state index is 13.4. The summed E-state index contributed by atoms with van der Waals surface area (Å²) in [6.07, 6.45) is 1.65. The van der Waals surface area contributed by atoms with Crippen LogP contribution in [0.5, 0.6) is 0 Å². The molecular formula is C26H34N2O4S. The van der Waals surface area contributed by atoms with E-state index in [0.717, 1.165) is 40.7 Å². The number of anilines is 1. The first kappa shape index (κ1) is 26.5. The molecule has 2 aromatic carbocycles. The van der Waals surface area contributed by atoms with Gasteiger partial charge in [0.2, 0.25) is 5.91 Å². The molecule has 0 aliphatic rings. The number of aryl methyl sites for hydroxylation is 1. The number of alkyl carbamates (subject to hydrolysis) is 1. The van der Waals surface area contributed by atoms with Crippen molar-refractivity contribution >= 4 is 34.6 Å². The van der Waals surface area contributed by atoms with E-state index < -0.39 is 17.7 Å². The summed E-state index contributed by atoms with van der Waals surface area (Å²) < 4.78 is 5.39. The van der Waals surface area contributed by atoms with E-state index in [1.807, 2.05) is 48.5 Å². The van der Waals surface area contributed by atoms with E-state index in [1.165, 1.54) is 12.5 Å². The van der Waals surface area contributed by atoms with Gasteiger partial charge in [-0.15, -0.1) is 0 Å². The third kappa shape index (κ3) is 8.92. The fraction of sp³-hybridized carbons (Fsp3) is 0.423. The van der Waals surface area contributed by atoms with E-state index in [4.69, 9.17) is 4.74 Å². The Hall–Kier alpha value is -2.80. The molecule has 0 aliphatic heterocycles. The van der Waals surface area contributed by atoms with Crippen molar-refractivity contribution in [3.8, 4) is 0 Å². The average molecular weight is 471 g/mol. The minimum absolute atomic E-state index is 0.0158. The summed E-state index contributed by atoms with van der Waals surface area (Å²) in [6, 6.07) is 14.4. The summed E-state index contributed by atoms with van der Waals surface area (Å²) in [6.45, 7) is 8.95. The van der Waals surface area contributed by atoms with Crippen LogP contribution in [0.2, 0.25) is 0 Å². The van der Waals surface area contributed by atoms with E-state index in [-0.39, 0.29) is 17.4 Å². The highest BCUT2D eigenvalue weighted by atomic mass is 32.2. The molecule has 0 heterocycles. The molecule has 0 saturated carbocycles. The first-order valence-corrected chi connectivity index (χ1v) is 11.9. The molecule has 2 amide bonds. The van der Waals surface area contributed by atoms with Gasteiger partial charge in [-0.2, -0.15) is 0 Å². The molecule has 7 heteroatoms. The quantitative estimate of drug-likeness (QED) is 0.525. The molecule has 0 aromatic heterocycles. The van der Waals surface area contributed by atoms with Crippen LogP contribution >= 0.6 is 11.8 Å². The molecule has 1 N–H and O–H groups in total. The van der Waals surface area contributed by atoms with Crippen LogP contribution in [0.1, 0.15) is 52.2 Å². The van der Waals surface area contributed by atoms with Crippen molar-refractivity contribution in [2.75, 3.05) is 11.9 Å². The minimum Gasteiger partial charge on any atom is -0.444 e. The minimum atomic E-state index is -0.835. The molecule has 0 radical (unpaired) electrons. The molecular weight excluding hydrogens is 436 g/mol. The zero-order valence-corrected chi connectivity index (χ0v) is 21.1. The van der Waals surface area contributed by atoms with E-state index >= 15 is 0 Å². The highest BCUT2D eigenvalue weighted by molar-refractivity contribution is 8.13. The van der Waals surface area contributed by atoms with Gasteiger partial charge in [-0.05, 0) is 62.6 Å². The van der Waals surface area contributed by atoms with Crippen molar-refractivity contribution < 1.29 is 19.1 Å². The summed E-state index contributed by atoms with van der Waals surface area (Å²) in [4.78, 5) is 39.7. The molecule has 0 bridgehead atoms. The van der Waals surface area contributed by atoms with Crippen molar-refractivity contribution in [2.45, 2.75) is 70.4 Å². The largest absolute Gasteiger partial charge is 0.444 e. The second kappa shape index (κ2) is 11.9. The van der Waals surface area contributed by atoms with Crippen molar-refractivity contribution in [2.24, 2.45) is 0 Å². The molecule has 0 saturated heterocycles. The molecule has 178 valence electrons. The number of hydrogen-bond donors (Lipinski definition) is 1. The Kier molecular flexibility index (Phi) is 9.53. The number of thioether (sulfide) groups is 1. The summed E-state index contributed by atoms with van der Waals surface area (Å²) >= 11 is 1.13. The highest BCUT2D eigenvalue weighted by Gasteiger charge is 2.27. The van der Waals surface area contributed by atoms with Crippen LogP contribution in [0.25, 0.3) is 0 Å². The van der Waals surface area contributed by atoms with Crippen molar-refractivity contribution in [1.82, 2.24) is 5.32 Å². The molecule has 0 fully saturated rings. The lowest BCUT2D eigenvalue weighted by atomic mass is 10.0. The Morgan fingerprint density at radius 2 is 1.73 bits per heavy atom. The first-order chi connectivity index (χ1) is 15.5. The smallest absolute Gasteiger partial charge is 0.408 e. The van der Waals surface area contributed by atoms with Crippen LogP contribution in [-0.2, 0) is 27.2 Å². The van der Waals surface area contributed by atoms with Crippen LogP contribution in [0.3, 0.4) is 0 Å². The van der Waals surface area contributed by atoms with E-state index in [0.29, 0.717) is 0 Å². The molecule has 2 aromatic rings. The van der Waals surface area contributed by atoms with Crippen LogP contribution in [0.4, 0.5) is 10.5 Å². The summed E-state index contributed by atoms with van der Waals surface area (Å²) in [5.41, 5.74) is 2.11. The predicted molar refractivity (Wildman–Crippen MR) is 134 cm³/mol. The van der Waals surface area contributed by atoms with Gasteiger partial charge in [0.15, 0.2) is 5.12 Å². The average Bonchev–Trinajstić information content (AvgIpc) is 2.71. The summed E-state index contributed by atoms with van der Waals surface area (Å²) in [5, 5.41) is 2.72. The number of hydrogen-bond acceptors (Lipinski definition) is 5. The third-order valence-electron chi connectivity index (χ3n) is 4.78. The van der Waals surface area contributed by atoms with Gasteiger partial charge in [-0.25, -0.2) is 4.79 Å². The van der Waals surface area contributed by atoms with Crippen molar-refractivity contribution in [1.29, 1.82) is 0 Å². The molecule has 2 rings (SSSR count). The number of benzene rings is 2. The predicted octanol–water partition coefficient (Wildman–Crippen LogP) is 5.38. The fourth-order valence-corrected chi connectivity index (χ4v) is 4.01. The number of carbonyl (C=O) groups excluding carboxylic acids is 3. The topological polar surface area (TPSA) is 75.7 Å². The van der Waals surface area contributed by atoms with Gasteiger partial charge in [0.05, 0.1) is 0 Å². The van der Waals surface area contributed by atoms with Crippen LogP contribution in [0.15, 0.2) is 53.4 Å². The number of amides is 2. The Bertz CT molecular complexity index is 967. The first-order valence-electron chi connectivity index (χ1n) is 11.1. The van der Waals surface area contributed by atoms with Gasteiger partial charge in [0.25, 0.3) is 0 Å². The van der Waals surface area contributed by atoms with E-state index in [9.17, 15) is 14.4 Å². The van der Waals surface area contributed by atoms with Gasteiger partial charge >= 0.3 is 6.09 Å². The fourth-order valence-electron chi connectivity index (χ4n) is 3.32. The maximum Gasteiger partial charge on any atom is 0.408 e. The zero-order chi connectivity index (χ0) is 24.6. The summed E-state index contributed by atoms with van der Waals surface area (Å²) in [5.74, 6) is -0.256. The number of nitrogens with one attached hydrogen (secondary N) is 1. The van der Waals surface area contributed by atoms with Crippen molar-refractivity contribution in [3.63, 3.8) is 0 Å². The molecule has 0 unspecified atom stereocenters. The Labute approximate surface area is 201 Å². The standard InChI is InChI=1S/C26H34N2O4S/c1-7-9-19-12-14-21(15-13-19)28(6)24(30)23(27-25(31)32-26(3,4)5)17-20-10-8-11-22(16-20)33-18(2)29/h8,10-16,23H,7,9,17H2,1-6H3,(H,27,31)/t23-/m0/s1. The number of nitrogens with zero attached hydrogens (tertiary/aromatic N) is 1. The monoisotopic (exact) mass is 470 g/mol. The molecule has 1 atom stereocenters. The molecule has 6 nitrogen and oxygen atoms in total. The summed E-state index contributed by atoms with van der Waals surface area (Å²) in [7, 11) is 1.70. The van der Waals surface area contributed by atoms with Crippen molar-refractivity contribution in [3.05, 3.63) is 59.7 Å². The number of rotatable bonds is 8.